The molecule has 1 aliphatic rings. The molecular weight excluding hydrogens is 415 g/mol. The van der Waals surface area contributed by atoms with Crippen molar-refractivity contribution in [3.8, 4) is 0 Å². The van der Waals surface area contributed by atoms with E-state index in [0.29, 0.717) is 25.5 Å². The van der Waals surface area contributed by atoms with E-state index in [4.69, 9.17) is 4.74 Å². The number of nitrogens with one attached hydrogen (secondary N) is 1. The molecule has 2 amide bonds. The van der Waals surface area contributed by atoms with Gasteiger partial charge in [-0.25, -0.2) is 0 Å². The van der Waals surface area contributed by atoms with E-state index in [2.05, 4.69) is 15.5 Å². The molecule has 31 heavy (non-hydrogen) atoms. The number of anilines is 2. The van der Waals surface area contributed by atoms with Crippen molar-refractivity contribution in [2.45, 2.75) is 13.1 Å². The van der Waals surface area contributed by atoms with Gasteiger partial charge in [-0.05, 0) is 31.2 Å². The Hall–Kier alpha value is -3.21. The van der Waals surface area contributed by atoms with Gasteiger partial charge in [-0.1, -0.05) is 12.1 Å². The fraction of sp³-hybridized carbons (Fsp3) is 0.400. The zero-order chi connectivity index (χ0) is 22.4. The van der Waals surface area contributed by atoms with Crippen molar-refractivity contribution in [1.29, 1.82) is 0 Å². The molecule has 0 atom stereocenters. The first-order chi connectivity index (χ1) is 14.8. The summed E-state index contributed by atoms with van der Waals surface area (Å²) in [5.41, 5.74) is -1.29. The number of alkyl halides is 3. The van der Waals surface area contributed by atoms with E-state index in [0.717, 1.165) is 6.07 Å². The van der Waals surface area contributed by atoms with Crippen molar-refractivity contribution in [1.82, 2.24) is 15.1 Å². The van der Waals surface area contributed by atoms with E-state index >= 15 is 0 Å². The summed E-state index contributed by atoms with van der Waals surface area (Å²) in [6.45, 7) is 3.42. The number of carbonyl (C=O) groups is 2. The molecule has 0 spiro atoms. The van der Waals surface area contributed by atoms with Gasteiger partial charge < -0.3 is 19.9 Å². The normalized spacial score (nSPS) is 14.5. The second-order valence-corrected chi connectivity index (χ2v) is 6.78. The molecule has 1 aliphatic heterocycles. The van der Waals surface area contributed by atoms with Gasteiger partial charge in [0.2, 0.25) is 0 Å². The van der Waals surface area contributed by atoms with E-state index < -0.39 is 17.6 Å². The first-order valence-corrected chi connectivity index (χ1v) is 9.71. The Morgan fingerprint density at radius 1 is 1.06 bits per heavy atom. The smallest absolute Gasteiger partial charge is 0.372 e. The lowest BCUT2D eigenvalue weighted by molar-refractivity contribution is -0.138. The third-order valence-corrected chi connectivity index (χ3v) is 4.71. The van der Waals surface area contributed by atoms with E-state index in [1.165, 1.54) is 23.1 Å². The van der Waals surface area contributed by atoms with Gasteiger partial charge in [0.15, 0.2) is 11.6 Å². The van der Waals surface area contributed by atoms with Gasteiger partial charge in [-0.3, -0.25) is 9.59 Å². The number of halogens is 3. The summed E-state index contributed by atoms with van der Waals surface area (Å²) in [5.74, 6) is -0.155. The number of amides is 2. The predicted molar refractivity (Wildman–Crippen MR) is 107 cm³/mol. The standard InChI is InChI=1S/C20H22F3N5O3/c1-2-31-13-18(29)24-16-7-8-17(26-25-16)27-9-11-28(12-10-27)19(30)14-5-3-4-6-15(14)20(21,22)23/h3-8H,2,9-13H2,1H3,(H,24,25,29). The predicted octanol–water partition coefficient (Wildman–Crippen LogP) is 2.43. The first-order valence-electron chi connectivity index (χ1n) is 9.71. The van der Waals surface area contributed by atoms with Gasteiger partial charge in [0.1, 0.15) is 6.61 Å². The van der Waals surface area contributed by atoms with Crippen LogP contribution in [0.1, 0.15) is 22.8 Å². The summed E-state index contributed by atoms with van der Waals surface area (Å²) in [4.78, 5) is 27.6. The Bertz CT molecular complexity index is 913. The van der Waals surface area contributed by atoms with Crippen LogP contribution in [-0.2, 0) is 15.7 Å². The lowest BCUT2D eigenvalue weighted by Gasteiger charge is -2.35. The number of rotatable bonds is 6. The number of nitrogens with zero attached hydrogens (tertiary/aromatic N) is 4. The Morgan fingerprint density at radius 3 is 2.39 bits per heavy atom. The van der Waals surface area contributed by atoms with Crippen molar-refractivity contribution in [3.63, 3.8) is 0 Å². The number of hydrogen-bond acceptors (Lipinski definition) is 6. The average Bonchev–Trinajstić information content (AvgIpc) is 2.77. The van der Waals surface area contributed by atoms with Crippen molar-refractivity contribution in [3.05, 3.63) is 47.5 Å². The van der Waals surface area contributed by atoms with Gasteiger partial charge >= 0.3 is 6.18 Å². The largest absolute Gasteiger partial charge is 0.417 e. The number of ether oxygens (including phenoxy) is 1. The molecule has 1 N–H and O–H groups in total. The van der Waals surface area contributed by atoms with Crippen LogP contribution in [0.5, 0.6) is 0 Å². The second kappa shape index (κ2) is 9.73. The van der Waals surface area contributed by atoms with E-state index in [-0.39, 0.29) is 37.0 Å². The van der Waals surface area contributed by atoms with Crippen LogP contribution < -0.4 is 10.2 Å². The van der Waals surface area contributed by atoms with Crippen LogP contribution in [0, 0.1) is 0 Å². The number of piperazine rings is 1. The molecule has 3 rings (SSSR count). The zero-order valence-electron chi connectivity index (χ0n) is 16.9. The first kappa shape index (κ1) is 22.5. The molecule has 8 nitrogen and oxygen atoms in total. The molecule has 0 unspecified atom stereocenters. The van der Waals surface area contributed by atoms with Gasteiger partial charge in [-0.15, -0.1) is 10.2 Å². The highest BCUT2D eigenvalue weighted by Gasteiger charge is 2.36. The zero-order valence-corrected chi connectivity index (χ0v) is 16.9. The minimum atomic E-state index is -4.59. The topological polar surface area (TPSA) is 87.7 Å². The number of hydrogen-bond donors (Lipinski definition) is 1. The third kappa shape index (κ3) is 5.69. The van der Waals surface area contributed by atoms with Crippen molar-refractivity contribution in [2.24, 2.45) is 0 Å². The second-order valence-electron chi connectivity index (χ2n) is 6.78. The van der Waals surface area contributed by atoms with Gasteiger partial charge in [0, 0.05) is 32.8 Å². The van der Waals surface area contributed by atoms with Gasteiger partial charge in [0.05, 0.1) is 11.1 Å². The summed E-state index contributed by atoms with van der Waals surface area (Å²) in [7, 11) is 0. The number of carbonyl (C=O) groups excluding carboxylic acids is 2. The molecule has 0 saturated carbocycles. The highest BCUT2D eigenvalue weighted by Crippen LogP contribution is 2.32. The lowest BCUT2D eigenvalue weighted by atomic mass is 10.1. The summed E-state index contributed by atoms with van der Waals surface area (Å²) in [6.07, 6.45) is -4.59. The molecule has 2 heterocycles. The Kier molecular flexibility index (Phi) is 7.06. The van der Waals surface area contributed by atoms with Crippen LogP contribution in [-0.4, -0.2) is 66.3 Å². The van der Waals surface area contributed by atoms with Crippen LogP contribution in [0.25, 0.3) is 0 Å². The lowest BCUT2D eigenvalue weighted by Crippen LogP contribution is -2.49. The average molecular weight is 437 g/mol. The maximum Gasteiger partial charge on any atom is 0.417 e. The molecule has 0 radical (unpaired) electrons. The SMILES string of the molecule is CCOCC(=O)Nc1ccc(N2CCN(C(=O)c3ccccc3C(F)(F)F)CC2)nn1. The molecule has 11 heteroatoms. The Balaban J connectivity index is 1.59. The highest BCUT2D eigenvalue weighted by atomic mass is 19.4. The fourth-order valence-corrected chi connectivity index (χ4v) is 3.16. The van der Waals surface area contributed by atoms with E-state index in [1.807, 2.05) is 4.90 Å². The summed E-state index contributed by atoms with van der Waals surface area (Å²) in [6, 6.07) is 8.07. The van der Waals surface area contributed by atoms with Crippen LogP contribution in [0.15, 0.2) is 36.4 Å². The number of benzene rings is 1. The van der Waals surface area contributed by atoms with Crippen LogP contribution in [0.3, 0.4) is 0 Å². The molecule has 1 fully saturated rings. The monoisotopic (exact) mass is 437 g/mol. The van der Waals surface area contributed by atoms with E-state index in [9.17, 15) is 22.8 Å². The summed E-state index contributed by atoms with van der Waals surface area (Å²) >= 11 is 0. The van der Waals surface area contributed by atoms with E-state index in [1.54, 1.807) is 19.1 Å². The van der Waals surface area contributed by atoms with Crippen LogP contribution in [0.4, 0.5) is 24.8 Å². The van der Waals surface area contributed by atoms with Crippen molar-refractivity contribution in [2.75, 3.05) is 49.6 Å². The number of aromatic nitrogens is 2. The van der Waals surface area contributed by atoms with Crippen molar-refractivity contribution >= 4 is 23.5 Å². The van der Waals surface area contributed by atoms with Gasteiger partial charge in [-0.2, -0.15) is 13.2 Å². The molecule has 1 saturated heterocycles. The maximum absolute atomic E-state index is 13.2. The van der Waals surface area contributed by atoms with Crippen LogP contribution >= 0.6 is 0 Å². The summed E-state index contributed by atoms with van der Waals surface area (Å²) < 4.78 is 44.6. The molecule has 0 aliphatic carbocycles. The van der Waals surface area contributed by atoms with Crippen molar-refractivity contribution < 1.29 is 27.5 Å². The Morgan fingerprint density at radius 2 is 1.77 bits per heavy atom. The Labute approximate surface area is 177 Å². The molecule has 166 valence electrons. The highest BCUT2D eigenvalue weighted by molar-refractivity contribution is 5.96. The minimum Gasteiger partial charge on any atom is -0.372 e. The fourth-order valence-electron chi connectivity index (χ4n) is 3.16. The minimum absolute atomic E-state index is 0.0760. The molecule has 2 aromatic rings. The molecule has 1 aromatic heterocycles. The molecular formula is C20H22F3N5O3. The summed E-state index contributed by atoms with van der Waals surface area (Å²) in [5, 5.41) is 10.6. The quantitative estimate of drug-likeness (QED) is 0.747. The maximum atomic E-state index is 13.2. The molecule has 0 bridgehead atoms. The van der Waals surface area contributed by atoms with Gasteiger partial charge in [0.25, 0.3) is 11.8 Å². The van der Waals surface area contributed by atoms with Crippen LogP contribution in [0.2, 0.25) is 0 Å². The molecule has 1 aromatic carbocycles. The third-order valence-electron chi connectivity index (χ3n) is 4.71.